The lowest BCUT2D eigenvalue weighted by molar-refractivity contribution is -0.121. The molecule has 0 bridgehead atoms. The number of hydrogen-bond donors (Lipinski definition) is 2. The third-order valence-electron chi connectivity index (χ3n) is 5.48. The predicted octanol–water partition coefficient (Wildman–Crippen LogP) is 3.79. The summed E-state index contributed by atoms with van der Waals surface area (Å²) in [6, 6.07) is 19.1. The average molecular weight is 431 g/mol. The van der Waals surface area contributed by atoms with Gasteiger partial charge < -0.3 is 24.4 Å². The lowest BCUT2D eigenvalue weighted by Gasteiger charge is -2.20. The van der Waals surface area contributed by atoms with Gasteiger partial charge in [0.05, 0.1) is 19.9 Å². The van der Waals surface area contributed by atoms with Crippen molar-refractivity contribution in [3.63, 3.8) is 0 Å². The number of nitrogens with zero attached hydrogens (tertiary/aromatic N) is 1. The molecule has 2 aromatic heterocycles. The Morgan fingerprint density at radius 3 is 2.59 bits per heavy atom. The summed E-state index contributed by atoms with van der Waals surface area (Å²) in [4.78, 5) is 29.6. The average Bonchev–Trinajstić information content (AvgIpc) is 3.50. The van der Waals surface area contributed by atoms with Gasteiger partial charge >= 0.3 is 0 Å². The van der Waals surface area contributed by atoms with Crippen molar-refractivity contribution in [3.05, 3.63) is 90.0 Å². The van der Waals surface area contributed by atoms with Crippen LogP contribution in [-0.4, -0.2) is 48.9 Å². The zero-order valence-electron chi connectivity index (χ0n) is 18.0. The molecule has 0 saturated heterocycles. The molecule has 0 aliphatic heterocycles. The third kappa shape index (κ3) is 4.51. The van der Waals surface area contributed by atoms with Gasteiger partial charge in [-0.15, -0.1) is 0 Å². The van der Waals surface area contributed by atoms with Gasteiger partial charge in [-0.25, -0.2) is 0 Å². The van der Waals surface area contributed by atoms with Gasteiger partial charge in [0.15, 0.2) is 5.76 Å². The van der Waals surface area contributed by atoms with E-state index in [0.717, 1.165) is 27.8 Å². The second kappa shape index (κ2) is 9.43. The maximum atomic E-state index is 12.6. The molecule has 7 heteroatoms. The van der Waals surface area contributed by atoms with Gasteiger partial charge in [-0.1, -0.05) is 30.3 Å². The summed E-state index contributed by atoms with van der Waals surface area (Å²) >= 11 is 0. The zero-order valence-corrected chi connectivity index (χ0v) is 18.0. The Hall–Kier alpha value is -4.00. The smallest absolute Gasteiger partial charge is 0.289 e. The molecule has 0 spiro atoms. The number of furan rings is 1. The van der Waals surface area contributed by atoms with E-state index in [-0.39, 0.29) is 30.0 Å². The minimum absolute atomic E-state index is 0.0667. The molecule has 2 amide bonds. The molecule has 4 aromatic rings. The van der Waals surface area contributed by atoms with E-state index in [1.807, 2.05) is 48.7 Å². The first-order valence-electron chi connectivity index (χ1n) is 10.3. The number of aromatic amines is 1. The van der Waals surface area contributed by atoms with E-state index in [9.17, 15) is 9.59 Å². The van der Waals surface area contributed by atoms with Gasteiger partial charge in [-0.2, -0.15) is 0 Å². The number of H-pyrrole nitrogens is 1. The van der Waals surface area contributed by atoms with Gasteiger partial charge in [0.25, 0.3) is 5.91 Å². The van der Waals surface area contributed by atoms with Gasteiger partial charge in [0, 0.05) is 36.6 Å². The standard InChI is InChI=1S/C25H25N3O4/c1-28(25(30)23-8-5-13-32-23)16-24(29)27-14-20(17-9-11-18(31-2)12-10-17)21-15-26-22-7-4-3-6-19(21)22/h3-13,15,20,26H,14,16H2,1-2H3,(H,27,29). The summed E-state index contributed by atoms with van der Waals surface area (Å²) in [5, 5.41) is 4.09. The van der Waals surface area contributed by atoms with E-state index in [1.165, 1.54) is 11.2 Å². The Morgan fingerprint density at radius 1 is 1.09 bits per heavy atom. The highest BCUT2D eigenvalue weighted by atomic mass is 16.5. The van der Waals surface area contributed by atoms with Crippen molar-refractivity contribution in [2.45, 2.75) is 5.92 Å². The summed E-state index contributed by atoms with van der Waals surface area (Å²) in [5.41, 5.74) is 3.18. The van der Waals surface area contributed by atoms with Crippen LogP contribution in [0, 0.1) is 0 Å². The number of likely N-dealkylation sites (N-methyl/N-ethyl adjacent to an activating group) is 1. The Kier molecular flexibility index (Phi) is 6.26. The summed E-state index contributed by atoms with van der Waals surface area (Å²) in [6.45, 7) is 0.318. The number of aromatic nitrogens is 1. The summed E-state index contributed by atoms with van der Waals surface area (Å²) in [5.74, 6) is 0.315. The molecule has 7 nitrogen and oxygen atoms in total. The minimum Gasteiger partial charge on any atom is -0.497 e. The van der Waals surface area contributed by atoms with Crippen LogP contribution in [0.4, 0.5) is 0 Å². The minimum atomic E-state index is -0.339. The molecule has 2 aromatic carbocycles. The summed E-state index contributed by atoms with van der Waals surface area (Å²) in [6.07, 6.45) is 3.42. The van der Waals surface area contributed by atoms with E-state index in [4.69, 9.17) is 9.15 Å². The molecule has 0 aliphatic carbocycles. The van der Waals surface area contributed by atoms with Crippen molar-refractivity contribution < 1.29 is 18.7 Å². The van der Waals surface area contributed by atoms with Crippen molar-refractivity contribution >= 4 is 22.7 Å². The van der Waals surface area contributed by atoms with Crippen LogP contribution in [0.15, 0.2) is 77.5 Å². The van der Waals surface area contributed by atoms with Crippen molar-refractivity contribution in [3.8, 4) is 5.75 Å². The third-order valence-corrected chi connectivity index (χ3v) is 5.48. The van der Waals surface area contributed by atoms with Crippen LogP contribution in [0.25, 0.3) is 10.9 Å². The fourth-order valence-corrected chi connectivity index (χ4v) is 3.77. The first-order valence-corrected chi connectivity index (χ1v) is 10.3. The van der Waals surface area contributed by atoms with Gasteiger partial charge in [0.2, 0.25) is 5.91 Å². The second-order valence-corrected chi connectivity index (χ2v) is 7.56. The molecule has 4 rings (SSSR count). The number of fused-ring (bicyclic) bond motifs is 1. The van der Waals surface area contributed by atoms with Crippen molar-refractivity contribution in [1.82, 2.24) is 15.2 Å². The molecular weight excluding hydrogens is 406 g/mol. The predicted molar refractivity (Wildman–Crippen MR) is 122 cm³/mol. The van der Waals surface area contributed by atoms with Crippen LogP contribution in [0.1, 0.15) is 27.6 Å². The highest BCUT2D eigenvalue weighted by molar-refractivity contribution is 5.94. The van der Waals surface area contributed by atoms with Gasteiger partial charge in [0.1, 0.15) is 5.75 Å². The molecule has 0 aliphatic rings. The number of benzene rings is 2. The number of carbonyl (C=O) groups excluding carboxylic acids is 2. The fourth-order valence-electron chi connectivity index (χ4n) is 3.77. The van der Waals surface area contributed by atoms with Crippen LogP contribution in [-0.2, 0) is 4.79 Å². The summed E-state index contributed by atoms with van der Waals surface area (Å²) < 4.78 is 10.4. The molecular formula is C25H25N3O4. The van der Waals surface area contributed by atoms with Crippen LogP contribution < -0.4 is 10.1 Å². The molecule has 0 radical (unpaired) electrons. The number of ether oxygens (including phenoxy) is 1. The van der Waals surface area contributed by atoms with E-state index >= 15 is 0 Å². The second-order valence-electron chi connectivity index (χ2n) is 7.56. The van der Waals surface area contributed by atoms with Crippen LogP contribution in [0.5, 0.6) is 5.75 Å². The Morgan fingerprint density at radius 2 is 1.88 bits per heavy atom. The van der Waals surface area contributed by atoms with E-state index in [0.29, 0.717) is 6.54 Å². The number of para-hydroxylation sites is 1. The van der Waals surface area contributed by atoms with Crippen molar-refractivity contribution in [1.29, 1.82) is 0 Å². The topological polar surface area (TPSA) is 87.6 Å². The number of hydrogen-bond acceptors (Lipinski definition) is 4. The van der Waals surface area contributed by atoms with Crippen LogP contribution in [0.3, 0.4) is 0 Å². The molecule has 1 atom stereocenters. The normalized spacial score (nSPS) is 11.8. The van der Waals surface area contributed by atoms with E-state index in [2.05, 4.69) is 16.4 Å². The lowest BCUT2D eigenvalue weighted by Crippen LogP contribution is -2.39. The van der Waals surface area contributed by atoms with E-state index in [1.54, 1.807) is 26.3 Å². The monoisotopic (exact) mass is 431 g/mol. The maximum absolute atomic E-state index is 12.6. The molecule has 0 fully saturated rings. The van der Waals surface area contributed by atoms with Gasteiger partial charge in [-0.05, 0) is 41.5 Å². The van der Waals surface area contributed by atoms with E-state index < -0.39 is 0 Å². The number of methoxy groups -OCH3 is 1. The largest absolute Gasteiger partial charge is 0.497 e. The zero-order chi connectivity index (χ0) is 22.5. The quantitative estimate of drug-likeness (QED) is 0.444. The Bertz CT molecular complexity index is 1200. The van der Waals surface area contributed by atoms with Crippen molar-refractivity contribution in [2.75, 3.05) is 27.2 Å². The first kappa shape index (κ1) is 21.2. The number of rotatable bonds is 8. The Balaban J connectivity index is 1.51. The van der Waals surface area contributed by atoms with Gasteiger partial charge in [-0.3, -0.25) is 9.59 Å². The lowest BCUT2D eigenvalue weighted by atomic mass is 9.90. The number of nitrogens with one attached hydrogen (secondary N) is 2. The molecule has 2 N–H and O–H groups in total. The molecule has 0 saturated carbocycles. The maximum Gasteiger partial charge on any atom is 0.289 e. The summed E-state index contributed by atoms with van der Waals surface area (Å²) in [7, 11) is 3.21. The Labute approximate surface area is 186 Å². The highest BCUT2D eigenvalue weighted by Gasteiger charge is 2.21. The molecule has 1 unspecified atom stereocenters. The SMILES string of the molecule is COc1ccc(C(CNC(=O)CN(C)C(=O)c2ccco2)c2c[nH]c3ccccc23)cc1. The van der Waals surface area contributed by atoms with Crippen LogP contribution in [0.2, 0.25) is 0 Å². The van der Waals surface area contributed by atoms with Crippen molar-refractivity contribution in [2.24, 2.45) is 0 Å². The fraction of sp³-hybridized carbons (Fsp3) is 0.200. The van der Waals surface area contributed by atoms with Crippen LogP contribution >= 0.6 is 0 Å². The molecule has 2 heterocycles. The number of carbonyl (C=O) groups is 2. The number of amides is 2. The first-order chi connectivity index (χ1) is 15.6. The molecule has 164 valence electrons. The molecule has 32 heavy (non-hydrogen) atoms. The highest BCUT2D eigenvalue weighted by Crippen LogP contribution is 2.31.